The number of rotatable bonds is 5. The first-order valence-corrected chi connectivity index (χ1v) is 9.52. The van der Waals surface area contributed by atoms with Crippen LogP contribution < -0.4 is 15.8 Å². The Morgan fingerprint density at radius 2 is 1.97 bits per heavy atom. The predicted molar refractivity (Wildman–Crippen MR) is 116 cm³/mol. The highest BCUT2D eigenvalue weighted by atomic mass is 35.5. The molecule has 0 radical (unpaired) electrons. The van der Waals surface area contributed by atoms with Crippen molar-refractivity contribution in [1.29, 1.82) is 0 Å². The summed E-state index contributed by atoms with van der Waals surface area (Å²) < 4.78 is 7.61. The molecular weight excluding hydrogens is 404 g/mol. The van der Waals surface area contributed by atoms with Crippen LogP contribution >= 0.6 is 11.6 Å². The number of carbonyl (C=O) groups excluding carboxylic acids is 1. The lowest BCUT2D eigenvalue weighted by atomic mass is 10.1. The van der Waals surface area contributed by atoms with E-state index in [9.17, 15) is 4.79 Å². The number of ether oxygens (including phenoxy) is 1. The van der Waals surface area contributed by atoms with Gasteiger partial charge in [0.05, 0.1) is 5.39 Å². The minimum absolute atomic E-state index is 0.165. The molecule has 0 spiro atoms. The molecule has 2 aromatic carbocycles. The largest absolute Gasteiger partial charge is 0.487 e. The van der Waals surface area contributed by atoms with Crippen molar-refractivity contribution < 1.29 is 9.53 Å². The van der Waals surface area contributed by atoms with Crippen molar-refractivity contribution in [2.45, 2.75) is 13.5 Å². The van der Waals surface area contributed by atoms with E-state index in [4.69, 9.17) is 22.1 Å². The molecule has 2 heterocycles. The molecule has 152 valence electrons. The second kappa shape index (κ2) is 8.00. The van der Waals surface area contributed by atoms with E-state index < -0.39 is 0 Å². The third-order valence-electron chi connectivity index (χ3n) is 4.64. The van der Waals surface area contributed by atoms with Gasteiger partial charge in [0.1, 0.15) is 30.2 Å². The van der Waals surface area contributed by atoms with Gasteiger partial charge < -0.3 is 15.8 Å². The van der Waals surface area contributed by atoms with Gasteiger partial charge in [0.2, 0.25) is 0 Å². The van der Waals surface area contributed by atoms with Crippen molar-refractivity contribution in [3.8, 4) is 5.75 Å². The van der Waals surface area contributed by atoms with Gasteiger partial charge in [0.15, 0.2) is 5.65 Å². The van der Waals surface area contributed by atoms with E-state index in [-0.39, 0.29) is 12.5 Å². The Bertz CT molecular complexity index is 1240. The highest BCUT2D eigenvalue weighted by Gasteiger charge is 2.15. The van der Waals surface area contributed by atoms with Crippen LogP contribution in [-0.4, -0.2) is 25.7 Å². The van der Waals surface area contributed by atoms with E-state index in [0.29, 0.717) is 44.6 Å². The number of halogens is 1. The van der Waals surface area contributed by atoms with Crippen molar-refractivity contribution in [3.05, 3.63) is 70.6 Å². The topological polar surface area (TPSA) is 108 Å². The zero-order chi connectivity index (χ0) is 21.3. The van der Waals surface area contributed by atoms with Gasteiger partial charge in [-0.05, 0) is 48.9 Å². The fourth-order valence-electron chi connectivity index (χ4n) is 3.07. The minimum Gasteiger partial charge on any atom is -0.487 e. The van der Waals surface area contributed by atoms with Gasteiger partial charge in [0, 0.05) is 23.3 Å². The minimum atomic E-state index is -0.247. The molecule has 0 atom stereocenters. The zero-order valence-corrected chi connectivity index (χ0v) is 17.1. The van der Waals surface area contributed by atoms with Gasteiger partial charge in [-0.25, -0.2) is 14.6 Å². The molecule has 0 unspecified atom stereocenters. The lowest BCUT2D eigenvalue weighted by Crippen LogP contribution is -2.12. The Kier molecular flexibility index (Phi) is 5.24. The van der Waals surface area contributed by atoms with E-state index in [0.717, 1.165) is 5.56 Å². The van der Waals surface area contributed by atoms with Crippen molar-refractivity contribution in [3.63, 3.8) is 0 Å². The number of benzene rings is 2. The van der Waals surface area contributed by atoms with Gasteiger partial charge in [-0.1, -0.05) is 17.7 Å². The number of aromatic nitrogens is 4. The first kappa shape index (κ1) is 19.7. The summed E-state index contributed by atoms with van der Waals surface area (Å²) in [6.45, 7) is 2.07. The molecule has 0 bridgehead atoms. The fourth-order valence-corrected chi connectivity index (χ4v) is 3.20. The van der Waals surface area contributed by atoms with Gasteiger partial charge in [0.25, 0.3) is 5.91 Å². The van der Waals surface area contributed by atoms with Crippen molar-refractivity contribution in [1.82, 2.24) is 19.7 Å². The molecule has 0 saturated heterocycles. The van der Waals surface area contributed by atoms with E-state index in [2.05, 4.69) is 20.4 Å². The third kappa shape index (κ3) is 3.90. The second-order valence-corrected chi connectivity index (χ2v) is 7.19. The maximum absolute atomic E-state index is 12.6. The summed E-state index contributed by atoms with van der Waals surface area (Å²) in [5.41, 5.74) is 9.27. The molecule has 9 heteroatoms. The first-order chi connectivity index (χ1) is 14.4. The molecule has 0 aliphatic carbocycles. The molecule has 3 N–H and O–H groups in total. The number of nitrogen functional groups attached to an aromatic ring is 1. The first-order valence-electron chi connectivity index (χ1n) is 9.15. The Morgan fingerprint density at radius 3 is 2.73 bits per heavy atom. The van der Waals surface area contributed by atoms with Gasteiger partial charge in [-0.2, -0.15) is 5.10 Å². The molecule has 2 aromatic heterocycles. The highest BCUT2D eigenvalue weighted by Crippen LogP contribution is 2.25. The van der Waals surface area contributed by atoms with Crippen LogP contribution in [0.2, 0.25) is 5.02 Å². The molecule has 0 saturated carbocycles. The Hall–Kier alpha value is -3.65. The van der Waals surface area contributed by atoms with Crippen LogP contribution in [0.1, 0.15) is 21.6 Å². The van der Waals surface area contributed by atoms with Gasteiger partial charge in [-0.3, -0.25) is 4.79 Å². The summed E-state index contributed by atoms with van der Waals surface area (Å²) in [6.07, 6.45) is 1.40. The number of fused-ring (bicyclic) bond motifs is 1. The van der Waals surface area contributed by atoms with Gasteiger partial charge in [-0.15, -0.1) is 0 Å². The van der Waals surface area contributed by atoms with Crippen LogP contribution in [0.3, 0.4) is 0 Å². The fraction of sp³-hybridized carbons (Fsp3) is 0.143. The lowest BCUT2D eigenvalue weighted by molar-refractivity contribution is 0.102. The summed E-state index contributed by atoms with van der Waals surface area (Å²) in [4.78, 5) is 20.9. The van der Waals surface area contributed by atoms with Crippen LogP contribution in [0, 0.1) is 6.92 Å². The van der Waals surface area contributed by atoms with Crippen LogP contribution in [0.5, 0.6) is 5.75 Å². The number of hydrogen-bond donors (Lipinski definition) is 2. The van der Waals surface area contributed by atoms with E-state index in [1.54, 1.807) is 48.1 Å². The SMILES string of the molecule is Cc1ccc(C(=O)Nc2ccc(Cl)cc2)cc1OCc1nn(C)c2ncnc(N)c12. The van der Waals surface area contributed by atoms with Crippen molar-refractivity contribution >= 4 is 40.0 Å². The third-order valence-corrected chi connectivity index (χ3v) is 4.89. The number of aryl methyl sites for hydroxylation is 2. The summed E-state index contributed by atoms with van der Waals surface area (Å²) in [5, 5.41) is 8.54. The molecule has 30 heavy (non-hydrogen) atoms. The van der Waals surface area contributed by atoms with Crippen LogP contribution in [-0.2, 0) is 13.7 Å². The average molecular weight is 423 g/mol. The standard InChI is InChI=1S/C21H19ClN6O2/c1-12-3-4-13(21(29)26-15-7-5-14(22)6-8-15)9-17(12)30-10-16-18-19(23)24-11-25-20(18)28(2)27-16/h3-9,11H,10H2,1-2H3,(H,26,29)(H2,23,24,25). The highest BCUT2D eigenvalue weighted by molar-refractivity contribution is 6.30. The molecule has 4 aromatic rings. The molecule has 4 rings (SSSR count). The summed E-state index contributed by atoms with van der Waals surface area (Å²) in [5.74, 6) is 0.676. The normalized spacial score (nSPS) is 10.9. The number of nitrogens with two attached hydrogens (primary N) is 1. The maximum atomic E-state index is 12.6. The number of nitrogens with zero attached hydrogens (tertiary/aromatic N) is 4. The Labute approximate surface area is 177 Å². The number of anilines is 2. The number of nitrogens with one attached hydrogen (secondary N) is 1. The molecule has 1 amide bonds. The van der Waals surface area contributed by atoms with Crippen LogP contribution in [0.25, 0.3) is 11.0 Å². The van der Waals surface area contributed by atoms with Gasteiger partial charge >= 0.3 is 0 Å². The maximum Gasteiger partial charge on any atom is 0.255 e. The average Bonchev–Trinajstić information content (AvgIpc) is 3.06. The van der Waals surface area contributed by atoms with Crippen molar-refractivity contribution in [2.24, 2.45) is 7.05 Å². The Balaban J connectivity index is 1.54. The second-order valence-electron chi connectivity index (χ2n) is 6.76. The number of hydrogen-bond acceptors (Lipinski definition) is 6. The quantitative estimate of drug-likeness (QED) is 0.507. The van der Waals surface area contributed by atoms with E-state index in [1.165, 1.54) is 6.33 Å². The molecule has 0 aliphatic rings. The smallest absolute Gasteiger partial charge is 0.255 e. The summed E-state index contributed by atoms with van der Waals surface area (Å²) in [7, 11) is 1.78. The van der Waals surface area contributed by atoms with Crippen LogP contribution in [0.15, 0.2) is 48.8 Å². The monoisotopic (exact) mass is 422 g/mol. The Morgan fingerprint density at radius 1 is 1.20 bits per heavy atom. The predicted octanol–water partition coefficient (Wildman–Crippen LogP) is 3.74. The molecular formula is C21H19ClN6O2. The summed E-state index contributed by atoms with van der Waals surface area (Å²) >= 11 is 5.88. The van der Waals surface area contributed by atoms with Crippen LogP contribution in [0.4, 0.5) is 11.5 Å². The number of carbonyl (C=O) groups is 1. The molecule has 8 nitrogen and oxygen atoms in total. The lowest BCUT2D eigenvalue weighted by Gasteiger charge is -2.11. The zero-order valence-electron chi connectivity index (χ0n) is 16.4. The molecule has 0 aliphatic heterocycles. The van der Waals surface area contributed by atoms with E-state index in [1.807, 2.05) is 13.0 Å². The van der Waals surface area contributed by atoms with E-state index >= 15 is 0 Å². The summed E-state index contributed by atoms with van der Waals surface area (Å²) in [6, 6.07) is 12.2. The molecule has 0 fully saturated rings. The number of amides is 1. The van der Waals surface area contributed by atoms with Crippen molar-refractivity contribution in [2.75, 3.05) is 11.1 Å².